The molecule has 0 aliphatic carbocycles. The summed E-state index contributed by atoms with van der Waals surface area (Å²) in [6, 6.07) is 15.8. The van der Waals surface area contributed by atoms with E-state index in [1.807, 2.05) is 58.3 Å². The average molecular weight is 605 g/mol. The van der Waals surface area contributed by atoms with E-state index in [4.69, 9.17) is 18.9 Å². The van der Waals surface area contributed by atoms with E-state index in [0.29, 0.717) is 18.8 Å². The zero-order valence-electron chi connectivity index (χ0n) is 25.1. The summed E-state index contributed by atoms with van der Waals surface area (Å²) in [5, 5.41) is 11.5. The summed E-state index contributed by atoms with van der Waals surface area (Å²) in [7, 11) is 1.51. The van der Waals surface area contributed by atoms with Crippen molar-refractivity contribution in [1.29, 1.82) is 0 Å². The molecule has 2 aliphatic heterocycles. The van der Waals surface area contributed by atoms with Crippen molar-refractivity contribution in [2.45, 2.75) is 56.1 Å². The largest absolute Gasteiger partial charge is 0.497 e. The Labute approximate surface area is 249 Å². The zero-order chi connectivity index (χ0) is 30.4. The van der Waals surface area contributed by atoms with Gasteiger partial charge in [-0.15, -0.1) is 0 Å². The zero-order valence-corrected chi connectivity index (χ0v) is 25.9. The Balaban J connectivity index is 1.52. The molecule has 6 atom stereocenters. The number of benzene rings is 2. The second kappa shape index (κ2) is 14.3. The molecule has 0 bridgehead atoms. The first kappa shape index (κ1) is 32.4. The van der Waals surface area contributed by atoms with Crippen molar-refractivity contribution in [1.82, 2.24) is 9.21 Å². The lowest BCUT2D eigenvalue weighted by Gasteiger charge is -2.31. The van der Waals surface area contributed by atoms with Crippen LogP contribution in [0.1, 0.15) is 25.8 Å². The van der Waals surface area contributed by atoms with Crippen LogP contribution in [0.2, 0.25) is 0 Å². The van der Waals surface area contributed by atoms with Crippen molar-refractivity contribution in [3.8, 4) is 5.75 Å². The number of aliphatic hydroxyl groups is 1. The lowest BCUT2D eigenvalue weighted by Crippen LogP contribution is -2.44. The summed E-state index contributed by atoms with van der Waals surface area (Å²) in [5.41, 5.74) is 0.934. The molecule has 232 valence electrons. The fraction of sp³-hybridized carbons (Fsp3) is 0.581. The van der Waals surface area contributed by atoms with Crippen LogP contribution in [0.3, 0.4) is 0 Å². The number of aliphatic hydroxyl groups excluding tert-OH is 1. The normalized spacial score (nSPS) is 23.7. The molecule has 11 heteroatoms. The van der Waals surface area contributed by atoms with Crippen molar-refractivity contribution < 1.29 is 37.3 Å². The quantitative estimate of drug-likeness (QED) is 0.325. The van der Waals surface area contributed by atoms with Gasteiger partial charge < -0.3 is 29.0 Å². The van der Waals surface area contributed by atoms with E-state index in [-0.39, 0.29) is 48.9 Å². The van der Waals surface area contributed by atoms with Gasteiger partial charge in [-0.25, -0.2) is 8.42 Å². The van der Waals surface area contributed by atoms with Crippen LogP contribution >= 0.6 is 0 Å². The molecule has 2 fully saturated rings. The molecule has 0 aromatic heterocycles. The Morgan fingerprint density at radius 3 is 2.31 bits per heavy atom. The number of methoxy groups -OCH3 is 1. The van der Waals surface area contributed by atoms with E-state index in [1.54, 1.807) is 12.1 Å². The Bertz CT molecular complexity index is 1260. The topological polar surface area (TPSA) is 115 Å². The molecule has 0 spiro atoms. The van der Waals surface area contributed by atoms with E-state index in [2.05, 4.69) is 4.90 Å². The summed E-state index contributed by atoms with van der Waals surface area (Å²) in [4.78, 5) is 15.5. The molecule has 0 radical (unpaired) electrons. The maximum absolute atomic E-state index is 13.7. The summed E-state index contributed by atoms with van der Waals surface area (Å²) < 4.78 is 51.3. The average Bonchev–Trinajstić information content (AvgIpc) is 3.55. The number of hydrogen-bond donors (Lipinski definition) is 1. The van der Waals surface area contributed by atoms with Crippen molar-refractivity contribution in [3.05, 3.63) is 60.2 Å². The van der Waals surface area contributed by atoms with Crippen LogP contribution in [0, 0.1) is 17.8 Å². The maximum atomic E-state index is 13.7. The van der Waals surface area contributed by atoms with Crippen molar-refractivity contribution in [2.24, 2.45) is 17.8 Å². The Kier molecular flexibility index (Phi) is 11.0. The van der Waals surface area contributed by atoms with Crippen molar-refractivity contribution >= 4 is 16.0 Å². The number of sulfonamides is 1. The van der Waals surface area contributed by atoms with E-state index < -0.39 is 40.4 Å². The Morgan fingerprint density at radius 2 is 1.69 bits per heavy atom. The van der Waals surface area contributed by atoms with Gasteiger partial charge in [0.05, 0.1) is 43.7 Å². The highest BCUT2D eigenvalue weighted by atomic mass is 32.2. The second-order valence-corrected chi connectivity index (χ2v) is 13.7. The Hall–Kier alpha value is -2.54. The lowest BCUT2D eigenvalue weighted by atomic mass is 9.90. The Morgan fingerprint density at radius 1 is 1.02 bits per heavy atom. The molecule has 0 unspecified atom stereocenters. The van der Waals surface area contributed by atoms with Crippen molar-refractivity contribution in [2.75, 3.05) is 47.5 Å². The third-order valence-corrected chi connectivity index (χ3v) is 9.81. The van der Waals surface area contributed by atoms with Gasteiger partial charge in [-0.2, -0.15) is 4.31 Å². The fourth-order valence-corrected chi connectivity index (χ4v) is 7.33. The molecule has 0 saturated carbocycles. The number of esters is 1. The van der Waals surface area contributed by atoms with E-state index in [0.717, 1.165) is 5.56 Å². The molecular weight excluding hydrogens is 560 g/mol. The minimum atomic E-state index is -3.93. The van der Waals surface area contributed by atoms with Crippen LogP contribution in [0.5, 0.6) is 5.75 Å². The molecular formula is C31H44N2O8S. The van der Waals surface area contributed by atoms with Gasteiger partial charge >= 0.3 is 5.97 Å². The summed E-state index contributed by atoms with van der Waals surface area (Å²) in [6.45, 7) is 4.64. The molecule has 2 aromatic rings. The van der Waals surface area contributed by atoms with Gasteiger partial charge in [-0.1, -0.05) is 44.2 Å². The third kappa shape index (κ3) is 7.89. The molecule has 2 saturated heterocycles. The third-order valence-electron chi connectivity index (χ3n) is 7.96. The van der Waals surface area contributed by atoms with Gasteiger partial charge in [0.25, 0.3) is 0 Å². The van der Waals surface area contributed by atoms with Crippen LogP contribution in [-0.2, 0) is 35.4 Å². The molecule has 4 rings (SSSR count). The van der Waals surface area contributed by atoms with E-state index >= 15 is 0 Å². The minimum absolute atomic E-state index is 0.0105. The van der Waals surface area contributed by atoms with Gasteiger partial charge in [0.1, 0.15) is 11.9 Å². The standard InChI is InChI=1S/C31H44N2O8S/c1-21(2)17-33(42(36,37)25-13-11-24(38-5)12-14-25)18-27(34)23(15-22-9-7-6-8-10-22)16-29(35)41-28-20-40-31-30(28)26(19-39-31)32(3)4/h6-14,21,23,26-28,30-31,34H,15-20H2,1-5H3/t23-,26+,27-,28+,30+,31-/m1/s1. The summed E-state index contributed by atoms with van der Waals surface area (Å²) in [5.74, 6) is -0.579. The van der Waals surface area contributed by atoms with Gasteiger partial charge in [0.15, 0.2) is 6.29 Å². The van der Waals surface area contributed by atoms with Crippen molar-refractivity contribution in [3.63, 3.8) is 0 Å². The molecule has 2 heterocycles. The first-order chi connectivity index (χ1) is 20.0. The molecule has 10 nitrogen and oxygen atoms in total. The molecule has 2 aromatic carbocycles. The van der Waals surface area contributed by atoms with E-state index in [1.165, 1.54) is 23.5 Å². The second-order valence-electron chi connectivity index (χ2n) is 11.8. The number of rotatable bonds is 14. The molecule has 42 heavy (non-hydrogen) atoms. The number of hydrogen-bond acceptors (Lipinski definition) is 9. The summed E-state index contributed by atoms with van der Waals surface area (Å²) in [6.07, 6.45) is -1.68. The predicted molar refractivity (Wildman–Crippen MR) is 157 cm³/mol. The number of carbonyl (C=O) groups excluding carboxylic acids is 1. The van der Waals surface area contributed by atoms with Crippen LogP contribution in [0.15, 0.2) is 59.5 Å². The van der Waals surface area contributed by atoms with Crippen LogP contribution in [0.25, 0.3) is 0 Å². The lowest BCUT2D eigenvalue weighted by molar-refractivity contribution is -0.153. The maximum Gasteiger partial charge on any atom is 0.306 e. The number of nitrogens with zero attached hydrogens (tertiary/aromatic N) is 2. The first-order valence-electron chi connectivity index (χ1n) is 14.4. The SMILES string of the molecule is COc1ccc(S(=O)(=O)N(CC(C)C)C[C@@H](O)[C@@H](CC(=O)O[C@H]2CO[C@H]3OC[C@H](N(C)C)[C@H]32)Cc2ccccc2)cc1. The number of ether oxygens (including phenoxy) is 4. The molecule has 1 N–H and O–H groups in total. The monoisotopic (exact) mass is 604 g/mol. The summed E-state index contributed by atoms with van der Waals surface area (Å²) >= 11 is 0. The highest BCUT2D eigenvalue weighted by molar-refractivity contribution is 7.89. The van der Waals surface area contributed by atoms with E-state index in [9.17, 15) is 18.3 Å². The van der Waals surface area contributed by atoms with Gasteiger partial charge in [0.2, 0.25) is 10.0 Å². The number of carbonyl (C=O) groups is 1. The smallest absolute Gasteiger partial charge is 0.306 e. The fourth-order valence-electron chi connectivity index (χ4n) is 5.71. The molecule has 0 amide bonds. The number of fused-ring (bicyclic) bond motifs is 1. The minimum Gasteiger partial charge on any atom is -0.497 e. The first-order valence-corrected chi connectivity index (χ1v) is 15.9. The van der Waals surface area contributed by atoms with Gasteiger partial charge in [-0.3, -0.25) is 4.79 Å². The highest BCUT2D eigenvalue weighted by Crippen LogP contribution is 2.36. The predicted octanol–water partition coefficient (Wildman–Crippen LogP) is 2.80. The van der Waals surface area contributed by atoms with Gasteiger partial charge in [0, 0.05) is 25.0 Å². The highest BCUT2D eigenvalue weighted by Gasteiger charge is 2.50. The van der Waals surface area contributed by atoms with Crippen LogP contribution in [0.4, 0.5) is 0 Å². The van der Waals surface area contributed by atoms with Gasteiger partial charge in [-0.05, 0) is 56.3 Å². The molecule has 2 aliphatic rings. The van der Waals surface area contributed by atoms with Crippen LogP contribution in [-0.4, -0.2) is 101 Å². The van der Waals surface area contributed by atoms with Crippen LogP contribution < -0.4 is 4.74 Å². The number of likely N-dealkylation sites (N-methyl/N-ethyl adjacent to an activating group) is 1.